The molecule has 3 fully saturated rings. The third kappa shape index (κ3) is 4.21. The number of imide groups is 1. The lowest BCUT2D eigenvalue weighted by atomic mass is 10.1. The predicted octanol–water partition coefficient (Wildman–Crippen LogP) is 5.38. The normalized spacial score (nSPS) is 22.4. The first-order chi connectivity index (χ1) is 18.1. The maximum atomic E-state index is 13.4. The van der Waals surface area contributed by atoms with Crippen LogP contribution in [0.15, 0.2) is 30.3 Å². The summed E-state index contributed by atoms with van der Waals surface area (Å²) in [6.07, 6.45) is -9.99. The molecular formula is C24H16ClF6N5O3. The largest absolute Gasteiger partial charge is 0.416 e. The number of urea groups is 2. The number of carbonyl (C=O) groups excluding carboxylic acids is 3. The lowest BCUT2D eigenvalue weighted by Gasteiger charge is -2.34. The highest BCUT2D eigenvalue weighted by molar-refractivity contribution is 6.33. The Morgan fingerprint density at radius 2 is 1.69 bits per heavy atom. The lowest BCUT2D eigenvalue weighted by Crippen LogP contribution is -2.55. The molecule has 0 radical (unpaired) electrons. The van der Waals surface area contributed by atoms with Gasteiger partial charge in [-0.1, -0.05) is 11.6 Å². The van der Waals surface area contributed by atoms with Crippen LogP contribution >= 0.6 is 11.6 Å². The molecule has 8 nitrogen and oxygen atoms in total. The minimum Gasteiger partial charge on any atom is -0.317 e. The number of halogens is 7. The Bertz CT molecular complexity index is 1440. The summed E-state index contributed by atoms with van der Waals surface area (Å²) in [6, 6.07) is 1.12. The van der Waals surface area contributed by atoms with Gasteiger partial charge in [0.2, 0.25) is 0 Å². The number of rotatable bonds is 2. The zero-order valence-corrected chi connectivity index (χ0v) is 20.4. The summed E-state index contributed by atoms with van der Waals surface area (Å²) in [4.78, 5) is 43.0. The number of alkyl halides is 6. The maximum absolute atomic E-state index is 13.4. The standard InChI is InChI=1S/C24H16ClF6N5O3/c1-10-16(3-2-11(8-32)18(10)25)36-20(37)19-17-7-15(35(19)22(36)39)9-34(17)21(38)33-14-5-12(23(26,27)28)4-13(6-14)24(29,30)31/h2-6,15,17,19H,7,9H2,1H3,(H,33,38)/t15?,17?,19-/m1/s1. The summed E-state index contributed by atoms with van der Waals surface area (Å²) in [7, 11) is 0. The van der Waals surface area contributed by atoms with Crippen molar-refractivity contribution in [2.24, 2.45) is 0 Å². The molecule has 3 heterocycles. The monoisotopic (exact) mass is 571 g/mol. The van der Waals surface area contributed by atoms with Crippen molar-refractivity contribution in [2.45, 2.75) is 43.8 Å². The van der Waals surface area contributed by atoms with Gasteiger partial charge in [-0.15, -0.1) is 0 Å². The van der Waals surface area contributed by atoms with Crippen molar-refractivity contribution < 1.29 is 40.7 Å². The van der Waals surface area contributed by atoms with E-state index >= 15 is 0 Å². The number of nitriles is 1. The number of nitrogens with one attached hydrogen (secondary N) is 1. The highest BCUT2D eigenvalue weighted by atomic mass is 35.5. The SMILES string of the molecule is Cc1c(N2C(=O)[C@H]3C4CC(CN4C(=O)Nc4cc(C(F)(F)F)cc(C(F)(F)F)c4)N3C2=O)ccc(C#N)c1Cl. The first kappa shape index (κ1) is 26.6. The van der Waals surface area contributed by atoms with E-state index in [1.54, 1.807) is 0 Å². The summed E-state index contributed by atoms with van der Waals surface area (Å²) < 4.78 is 79.2. The Hall–Kier alpha value is -3.99. The Labute approximate surface area is 221 Å². The van der Waals surface area contributed by atoms with Crippen molar-refractivity contribution in [3.63, 3.8) is 0 Å². The van der Waals surface area contributed by atoms with Crippen LogP contribution in [0, 0.1) is 18.3 Å². The van der Waals surface area contributed by atoms with Crippen LogP contribution in [0.4, 0.5) is 47.3 Å². The minimum atomic E-state index is -5.10. The van der Waals surface area contributed by atoms with E-state index in [9.17, 15) is 40.7 Å². The summed E-state index contributed by atoms with van der Waals surface area (Å²) in [5, 5.41) is 11.3. The van der Waals surface area contributed by atoms with Gasteiger partial charge >= 0.3 is 24.4 Å². The molecular weight excluding hydrogens is 556 g/mol. The van der Waals surface area contributed by atoms with Crippen LogP contribution in [0.3, 0.4) is 0 Å². The molecule has 2 unspecified atom stereocenters. The van der Waals surface area contributed by atoms with Crippen LogP contribution in [-0.4, -0.2) is 52.4 Å². The molecule has 3 atom stereocenters. The average molecular weight is 572 g/mol. The summed E-state index contributed by atoms with van der Waals surface area (Å²) in [5.74, 6) is -0.674. The van der Waals surface area contributed by atoms with E-state index in [-0.39, 0.29) is 35.3 Å². The van der Waals surface area contributed by atoms with Gasteiger partial charge in [-0.3, -0.25) is 4.79 Å². The molecule has 5 amide bonds. The topological polar surface area (TPSA) is 96.8 Å². The van der Waals surface area contributed by atoms with Gasteiger partial charge in [0, 0.05) is 12.2 Å². The number of amides is 5. The van der Waals surface area contributed by atoms with Gasteiger partial charge in [-0.25, -0.2) is 14.5 Å². The number of piperazine rings is 1. The van der Waals surface area contributed by atoms with Crippen molar-refractivity contribution in [1.82, 2.24) is 9.80 Å². The number of hydrogen-bond donors (Lipinski definition) is 1. The third-order valence-electron chi connectivity index (χ3n) is 7.08. The minimum absolute atomic E-state index is 0.0554. The van der Waals surface area contributed by atoms with E-state index in [1.807, 2.05) is 6.07 Å². The molecule has 3 aliphatic heterocycles. The number of likely N-dealkylation sites (tertiary alicyclic amines) is 1. The highest BCUT2D eigenvalue weighted by Crippen LogP contribution is 2.44. The molecule has 0 aromatic heterocycles. The fourth-order valence-corrected chi connectivity index (χ4v) is 5.54. The zero-order chi connectivity index (χ0) is 28.6. The van der Waals surface area contributed by atoms with Gasteiger partial charge in [0.25, 0.3) is 5.91 Å². The Kier molecular flexibility index (Phi) is 5.98. The Morgan fingerprint density at radius 3 is 2.26 bits per heavy atom. The van der Waals surface area contributed by atoms with Crippen LogP contribution in [0.25, 0.3) is 0 Å². The molecule has 3 aliphatic rings. The van der Waals surface area contributed by atoms with Gasteiger partial charge in [0.15, 0.2) is 0 Å². The second-order valence-corrected chi connectivity index (χ2v) is 9.70. The first-order valence-electron chi connectivity index (χ1n) is 11.4. The van der Waals surface area contributed by atoms with E-state index in [0.717, 1.165) is 9.80 Å². The van der Waals surface area contributed by atoms with E-state index in [4.69, 9.17) is 16.9 Å². The lowest BCUT2D eigenvalue weighted by molar-refractivity contribution is -0.143. The van der Waals surface area contributed by atoms with Gasteiger partial charge < -0.3 is 15.1 Å². The van der Waals surface area contributed by atoms with Crippen molar-refractivity contribution >= 4 is 40.9 Å². The molecule has 1 N–H and O–H groups in total. The first-order valence-corrected chi connectivity index (χ1v) is 11.7. The predicted molar refractivity (Wildman–Crippen MR) is 124 cm³/mol. The van der Waals surface area contributed by atoms with Crippen LogP contribution in [-0.2, 0) is 17.1 Å². The fraction of sp³-hybridized carbons (Fsp3) is 0.333. The average Bonchev–Trinajstić information content (AvgIpc) is 3.51. The third-order valence-corrected chi connectivity index (χ3v) is 7.57. The Balaban J connectivity index is 1.41. The highest BCUT2D eigenvalue weighted by Gasteiger charge is 2.63. The summed E-state index contributed by atoms with van der Waals surface area (Å²) in [5.41, 5.74) is -3.30. The number of hydrogen-bond acceptors (Lipinski definition) is 4. The smallest absolute Gasteiger partial charge is 0.317 e. The molecule has 0 spiro atoms. The maximum Gasteiger partial charge on any atom is 0.416 e. The van der Waals surface area contributed by atoms with E-state index in [2.05, 4.69) is 5.32 Å². The number of nitrogens with zero attached hydrogens (tertiary/aromatic N) is 4. The molecule has 2 aromatic rings. The summed E-state index contributed by atoms with van der Waals surface area (Å²) in [6.45, 7) is 1.44. The number of benzene rings is 2. The quantitative estimate of drug-likeness (QED) is 0.386. The van der Waals surface area contributed by atoms with Gasteiger partial charge in [0.1, 0.15) is 12.1 Å². The van der Waals surface area contributed by atoms with Crippen molar-refractivity contribution in [2.75, 3.05) is 16.8 Å². The molecule has 15 heteroatoms. The molecule has 0 aliphatic carbocycles. The van der Waals surface area contributed by atoms with E-state index in [0.29, 0.717) is 17.7 Å². The molecule has 5 rings (SSSR count). The zero-order valence-electron chi connectivity index (χ0n) is 19.7. The van der Waals surface area contributed by atoms with Crippen molar-refractivity contribution in [3.8, 4) is 6.07 Å². The second-order valence-electron chi connectivity index (χ2n) is 9.33. The second kappa shape index (κ2) is 8.77. The van der Waals surface area contributed by atoms with Gasteiger partial charge in [0.05, 0.1) is 39.5 Å². The fourth-order valence-electron chi connectivity index (χ4n) is 5.34. The van der Waals surface area contributed by atoms with Gasteiger partial charge in [-0.05, 0) is 49.2 Å². The molecule has 204 valence electrons. The van der Waals surface area contributed by atoms with Crippen LogP contribution in [0.2, 0.25) is 5.02 Å². The summed E-state index contributed by atoms with van der Waals surface area (Å²) >= 11 is 6.20. The molecule has 2 bridgehead atoms. The van der Waals surface area contributed by atoms with Crippen LogP contribution in [0.1, 0.15) is 28.7 Å². The number of fused-ring (bicyclic) bond motifs is 5. The van der Waals surface area contributed by atoms with Crippen molar-refractivity contribution in [3.05, 3.63) is 57.6 Å². The number of anilines is 2. The van der Waals surface area contributed by atoms with Crippen molar-refractivity contribution in [1.29, 1.82) is 5.26 Å². The van der Waals surface area contributed by atoms with E-state index in [1.165, 1.54) is 24.0 Å². The molecule has 39 heavy (non-hydrogen) atoms. The molecule has 2 aromatic carbocycles. The van der Waals surface area contributed by atoms with Gasteiger partial charge in [-0.2, -0.15) is 31.6 Å². The van der Waals surface area contributed by atoms with Crippen LogP contribution in [0.5, 0.6) is 0 Å². The molecule has 3 saturated heterocycles. The number of carbonyl (C=O) groups is 3. The Morgan fingerprint density at radius 1 is 1.08 bits per heavy atom. The molecule has 0 saturated carbocycles. The van der Waals surface area contributed by atoms with Crippen LogP contribution < -0.4 is 10.2 Å². The van der Waals surface area contributed by atoms with E-state index < -0.39 is 65.3 Å².